The summed E-state index contributed by atoms with van der Waals surface area (Å²) in [6.45, 7) is 3.23. The average Bonchev–Trinajstić information content (AvgIpc) is 2.63. The maximum atomic E-state index is 13.1. The van der Waals surface area contributed by atoms with Crippen molar-refractivity contribution in [3.05, 3.63) is 50.7 Å². The molecule has 1 heterocycles. The lowest BCUT2D eigenvalue weighted by molar-refractivity contribution is 0.619. The number of thiazole rings is 1. The van der Waals surface area contributed by atoms with Crippen LogP contribution in [0.15, 0.2) is 23.6 Å². The largest absolute Gasteiger partial charge is 0.307 e. The number of nitrogens with one attached hydrogen (secondary N) is 1. The minimum Gasteiger partial charge on any atom is -0.307 e. The van der Waals surface area contributed by atoms with Crippen LogP contribution in [0.2, 0.25) is 5.02 Å². The van der Waals surface area contributed by atoms with Crippen molar-refractivity contribution in [2.24, 2.45) is 0 Å². The molecular weight excluding hydrogens is 259 g/mol. The number of halogens is 2. The Morgan fingerprint density at radius 3 is 2.82 bits per heavy atom. The Morgan fingerprint density at radius 1 is 1.35 bits per heavy atom. The molecule has 0 amide bonds. The summed E-state index contributed by atoms with van der Waals surface area (Å²) in [5.41, 5.74) is 1.84. The third-order valence-electron chi connectivity index (χ3n) is 2.22. The van der Waals surface area contributed by atoms with E-state index in [0.29, 0.717) is 18.1 Å². The minimum atomic E-state index is -0.307. The molecular formula is C12H12ClFN2S. The van der Waals surface area contributed by atoms with Crippen molar-refractivity contribution >= 4 is 22.9 Å². The van der Waals surface area contributed by atoms with E-state index in [1.807, 2.05) is 12.3 Å². The summed E-state index contributed by atoms with van der Waals surface area (Å²) in [4.78, 5) is 4.33. The van der Waals surface area contributed by atoms with Crippen LogP contribution in [-0.2, 0) is 13.1 Å². The van der Waals surface area contributed by atoms with Crippen molar-refractivity contribution in [1.29, 1.82) is 0 Å². The van der Waals surface area contributed by atoms with Crippen molar-refractivity contribution < 1.29 is 4.39 Å². The minimum absolute atomic E-state index is 0.307. The van der Waals surface area contributed by atoms with Gasteiger partial charge in [-0.3, -0.25) is 0 Å². The molecule has 0 saturated carbocycles. The summed E-state index contributed by atoms with van der Waals surface area (Å²) in [6, 6.07) is 4.53. The molecule has 0 fully saturated rings. The van der Waals surface area contributed by atoms with Crippen LogP contribution < -0.4 is 5.32 Å². The topological polar surface area (TPSA) is 24.9 Å². The van der Waals surface area contributed by atoms with E-state index < -0.39 is 0 Å². The Morgan fingerprint density at radius 2 is 2.18 bits per heavy atom. The number of nitrogens with zero attached hydrogens (tertiary/aromatic N) is 1. The van der Waals surface area contributed by atoms with Crippen LogP contribution in [0, 0.1) is 12.7 Å². The van der Waals surface area contributed by atoms with E-state index in [2.05, 4.69) is 10.3 Å². The lowest BCUT2D eigenvalue weighted by Gasteiger charge is -2.04. The molecule has 0 unspecified atom stereocenters. The fourth-order valence-electron chi connectivity index (χ4n) is 1.54. The molecule has 1 aromatic heterocycles. The summed E-state index contributed by atoms with van der Waals surface area (Å²) in [5.74, 6) is -0.307. The quantitative estimate of drug-likeness (QED) is 0.919. The molecule has 0 radical (unpaired) electrons. The first-order valence-corrected chi connectivity index (χ1v) is 6.46. The summed E-state index contributed by atoms with van der Waals surface area (Å²) in [5, 5.41) is 6.69. The Balaban J connectivity index is 1.89. The lowest BCUT2D eigenvalue weighted by atomic mass is 10.2. The first-order valence-electron chi connectivity index (χ1n) is 5.20. The van der Waals surface area contributed by atoms with E-state index in [9.17, 15) is 4.39 Å². The number of rotatable bonds is 4. The van der Waals surface area contributed by atoms with Crippen molar-refractivity contribution in [1.82, 2.24) is 10.3 Å². The van der Waals surface area contributed by atoms with Gasteiger partial charge in [0, 0.05) is 23.5 Å². The predicted molar refractivity (Wildman–Crippen MR) is 68.8 cm³/mol. The van der Waals surface area contributed by atoms with E-state index in [1.54, 1.807) is 17.4 Å². The van der Waals surface area contributed by atoms with Crippen molar-refractivity contribution in [3.63, 3.8) is 0 Å². The number of hydrogen-bond acceptors (Lipinski definition) is 3. The van der Waals surface area contributed by atoms with Crippen LogP contribution in [0.5, 0.6) is 0 Å². The molecule has 1 aromatic carbocycles. The SMILES string of the molecule is Cc1nc(CNCc2cc(F)cc(Cl)c2)cs1. The summed E-state index contributed by atoms with van der Waals surface area (Å²) >= 11 is 7.39. The van der Waals surface area contributed by atoms with Gasteiger partial charge in [-0.05, 0) is 30.7 Å². The number of aromatic nitrogens is 1. The third kappa shape index (κ3) is 3.77. The van der Waals surface area contributed by atoms with Gasteiger partial charge in [-0.15, -0.1) is 11.3 Å². The van der Waals surface area contributed by atoms with Crippen molar-refractivity contribution in [2.75, 3.05) is 0 Å². The van der Waals surface area contributed by atoms with Gasteiger partial charge in [-0.1, -0.05) is 11.6 Å². The number of aryl methyl sites for hydroxylation is 1. The molecule has 0 saturated heterocycles. The predicted octanol–water partition coefficient (Wildman–Crippen LogP) is 3.53. The summed E-state index contributed by atoms with van der Waals surface area (Å²) in [7, 11) is 0. The van der Waals surface area contributed by atoms with Gasteiger partial charge in [0.25, 0.3) is 0 Å². The van der Waals surface area contributed by atoms with Gasteiger partial charge < -0.3 is 5.32 Å². The molecule has 0 aliphatic rings. The maximum Gasteiger partial charge on any atom is 0.125 e. The summed E-state index contributed by atoms with van der Waals surface area (Å²) in [6.07, 6.45) is 0. The highest BCUT2D eigenvalue weighted by atomic mass is 35.5. The average molecular weight is 271 g/mol. The second-order valence-corrected chi connectivity index (χ2v) is 5.24. The smallest absolute Gasteiger partial charge is 0.125 e. The highest BCUT2D eigenvalue weighted by Gasteiger charge is 2.01. The Bertz CT molecular complexity index is 493. The van der Waals surface area contributed by atoms with Crippen LogP contribution in [0.3, 0.4) is 0 Å². The molecule has 17 heavy (non-hydrogen) atoms. The van der Waals surface area contributed by atoms with Gasteiger partial charge in [0.15, 0.2) is 0 Å². The zero-order valence-corrected chi connectivity index (χ0v) is 10.9. The highest BCUT2D eigenvalue weighted by Crippen LogP contribution is 2.14. The lowest BCUT2D eigenvalue weighted by Crippen LogP contribution is -2.13. The van der Waals surface area contributed by atoms with Gasteiger partial charge in [0.05, 0.1) is 10.7 Å². The number of benzene rings is 1. The third-order valence-corrected chi connectivity index (χ3v) is 3.26. The fourth-order valence-corrected chi connectivity index (χ4v) is 2.39. The van der Waals surface area contributed by atoms with E-state index in [4.69, 9.17) is 11.6 Å². The van der Waals surface area contributed by atoms with Crippen molar-refractivity contribution in [3.8, 4) is 0 Å². The van der Waals surface area contributed by atoms with Gasteiger partial charge in [-0.2, -0.15) is 0 Å². The normalized spacial score (nSPS) is 10.8. The Labute approximate surface area is 108 Å². The first kappa shape index (κ1) is 12.5. The second-order valence-electron chi connectivity index (χ2n) is 3.74. The zero-order valence-electron chi connectivity index (χ0n) is 9.34. The monoisotopic (exact) mass is 270 g/mol. The molecule has 0 spiro atoms. The second kappa shape index (κ2) is 5.58. The molecule has 2 aromatic rings. The molecule has 0 atom stereocenters. The molecule has 2 nitrogen and oxygen atoms in total. The molecule has 1 N–H and O–H groups in total. The fraction of sp³-hybridized carbons (Fsp3) is 0.250. The van der Waals surface area contributed by atoms with E-state index in [-0.39, 0.29) is 5.82 Å². The van der Waals surface area contributed by atoms with Gasteiger partial charge >= 0.3 is 0 Å². The van der Waals surface area contributed by atoms with Gasteiger partial charge in [0.2, 0.25) is 0 Å². The molecule has 90 valence electrons. The van der Waals surface area contributed by atoms with Crippen LogP contribution in [0.1, 0.15) is 16.3 Å². The Hall–Kier alpha value is -0.970. The maximum absolute atomic E-state index is 13.1. The van der Waals surface area contributed by atoms with Gasteiger partial charge in [-0.25, -0.2) is 9.37 Å². The number of hydrogen-bond donors (Lipinski definition) is 1. The van der Waals surface area contributed by atoms with Crippen LogP contribution in [-0.4, -0.2) is 4.98 Å². The Kier molecular flexibility index (Phi) is 4.10. The van der Waals surface area contributed by atoms with Gasteiger partial charge in [0.1, 0.15) is 5.82 Å². The zero-order chi connectivity index (χ0) is 12.3. The first-order chi connectivity index (χ1) is 8.13. The van der Waals surface area contributed by atoms with E-state index >= 15 is 0 Å². The van der Waals surface area contributed by atoms with Crippen LogP contribution in [0.25, 0.3) is 0 Å². The molecule has 0 aliphatic heterocycles. The van der Waals surface area contributed by atoms with Crippen molar-refractivity contribution in [2.45, 2.75) is 20.0 Å². The molecule has 0 aliphatic carbocycles. The van der Waals surface area contributed by atoms with E-state index in [0.717, 1.165) is 16.3 Å². The molecule has 0 bridgehead atoms. The highest BCUT2D eigenvalue weighted by molar-refractivity contribution is 7.09. The molecule has 2 rings (SSSR count). The standard InChI is InChI=1S/C12H12ClFN2S/c1-8-16-12(7-17-8)6-15-5-9-2-10(13)4-11(14)3-9/h2-4,7,15H,5-6H2,1H3. The van der Waals surface area contributed by atoms with Crippen LogP contribution in [0.4, 0.5) is 4.39 Å². The molecule has 5 heteroatoms. The van der Waals surface area contributed by atoms with E-state index in [1.165, 1.54) is 12.1 Å². The van der Waals surface area contributed by atoms with Crippen LogP contribution >= 0.6 is 22.9 Å². The summed E-state index contributed by atoms with van der Waals surface area (Å²) < 4.78 is 13.1.